The van der Waals surface area contributed by atoms with Crippen LogP contribution in [-0.4, -0.2) is 70.3 Å². The van der Waals surface area contributed by atoms with E-state index < -0.39 is 5.41 Å². The largest absolute Gasteiger partial charge is 0.381 e. The summed E-state index contributed by atoms with van der Waals surface area (Å²) >= 11 is 0. The summed E-state index contributed by atoms with van der Waals surface area (Å²) in [7, 11) is 0. The molecule has 2 fully saturated rings. The van der Waals surface area contributed by atoms with Gasteiger partial charge in [-0.15, -0.1) is 0 Å². The first-order chi connectivity index (χ1) is 13.2. The van der Waals surface area contributed by atoms with Gasteiger partial charge in [0, 0.05) is 39.4 Å². The highest BCUT2D eigenvalue weighted by Crippen LogP contribution is 2.37. The Morgan fingerprint density at radius 2 is 1.85 bits per heavy atom. The molecule has 4 rings (SSSR count). The Labute approximate surface area is 159 Å². The number of carbonyl (C=O) groups is 1. The van der Waals surface area contributed by atoms with Gasteiger partial charge in [0.05, 0.1) is 12.0 Å². The predicted octanol–water partition coefficient (Wildman–Crippen LogP) is 1.51. The van der Waals surface area contributed by atoms with Gasteiger partial charge in [0.1, 0.15) is 5.82 Å². The number of aryl methyl sites for hydroxylation is 1. The van der Waals surface area contributed by atoms with Crippen LogP contribution in [0.1, 0.15) is 30.1 Å². The minimum Gasteiger partial charge on any atom is -0.381 e. The second-order valence-electron chi connectivity index (χ2n) is 7.47. The Bertz CT molecular complexity index is 762. The van der Waals surface area contributed by atoms with E-state index in [9.17, 15) is 4.79 Å². The Hall–Kier alpha value is -2.25. The number of nitrogens with one attached hydrogen (secondary N) is 1. The number of benzene rings is 1. The first kappa shape index (κ1) is 18.1. The molecule has 2 aliphatic rings. The summed E-state index contributed by atoms with van der Waals surface area (Å²) in [6.45, 7) is 7.11. The highest BCUT2D eigenvalue weighted by atomic mass is 16.5. The molecule has 2 aromatic rings. The molecule has 1 aromatic heterocycles. The van der Waals surface area contributed by atoms with E-state index in [-0.39, 0.29) is 5.91 Å². The molecule has 0 atom stereocenters. The molecule has 7 nitrogen and oxygen atoms in total. The Balaban J connectivity index is 1.44. The highest BCUT2D eigenvalue weighted by molar-refractivity contribution is 5.88. The van der Waals surface area contributed by atoms with E-state index in [1.54, 1.807) is 0 Å². The zero-order chi connectivity index (χ0) is 18.7. The number of hydrogen-bond acceptors (Lipinski definition) is 5. The third-order valence-corrected chi connectivity index (χ3v) is 5.75. The van der Waals surface area contributed by atoms with E-state index in [0.717, 1.165) is 62.8 Å². The normalized spacial score (nSPS) is 20.6. The number of nitrogens with zero attached hydrogens (tertiary/aromatic N) is 4. The van der Waals surface area contributed by atoms with Crippen molar-refractivity contribution in [1.82, 2.24) is 25.0 Å². The van der Waals surface area contributed by atoms with Crippen molar-refractivity contribution in [2.24, 2.45) is 0 Å². The fraction of sp³-hybridized carbons (Fsp3) is 0.550. The van der Waals surface area contributed by atoms with E-state index in [4.69, 9.17) is 4.74 Å². The molecule has 3 heterocycles. The van der Waals surface area contributed by atoms with Crippen molar-refractivity contribution in [2.75, 3.05) is 39.4 Å². The lowest BCUT2D eigenvalue weighted by atomic mass is 9.73. The molecule has 0 saturated carbocycles. The van der Waals surface area contributed by atoms with Crippen molar-refractivity contribution >= 4 is 5.91 Å². The lowest BCUT2D eigenvalue weighted by Crippen LogP contribution is -2.55. The number of piperazine rings is 1. The lowest BCUT2D eigenvalue weighted by molar-refractivity contribution is -0.143. The van der Waals surface area contributed by atoms with Crippen LogP contribution in [0.3, 0.4) is 0 Å². The second-order valence-corrected chi connectivity index (χ2v) is 7.47. The number of hydrogen-bond donors (Lipinski definition) is 1. The van der Waals surface area contributed by atoms with Crippen molar-refractivity contribution in [1.29, 1.82) is 0 Å². The first-order valence-corrected chi connectivity index (χ1v) is 9.70. The molecular weight excluding hydrogens is 342 g/mol. The maximum Gasteiger partial charge on any atom is 0.233 e. The zero-order valence-electron chi connectivity index (χ0n) is 15.9. The molecule has 7 heteroatoms. The van der Waals surface area contributed by atoms with E-state index in [1.165, 1.54) is 0 Å². The molecule has 1 N–H and O–H groups in total. The molecule has 0 aliphatic carbocycles. The van der Waals surface area contributed by atoms with Crippen LogP contribution < -0.4 is 0 Å². The topological polar surface area (TPSA) is 74.3 Å². The summed E-state index contributed by atoms with van der Waals surface area (Å²) in [5, 5.41) is 7.10. The molecule has 2 saturated heterocycles. The molecule has 0 radical (unpaired) electrons. The van der Waals surface area contributed by atoms with Crippen LogP contribution in [0.5, 0.6) is 0 Å². The zero-order valence-corrected chi connectivity index (χ0v) is 15.9. The highest BCUT2D eigenvalue weighted by Gasteiger charge is 2.44. The summed E-state index contributed by atoms with van der Waals surface area (Å²) in [4.78, 5) is 22.3. The number of ether oxygens (including phenoxy) is 1. The van der Waals surface area contributed by atoms with E-state index in [0.29, 0.717) is 13.2 Å². The number of rotatable bonds is 4. The van der Waals surface area contributed by atoms with Gasteiger partial charge >= 0.3 is 0 Å². The summed E-state index contributed by atoms with van der Waals surface area (Å²) in [5.74, 6) is 1.91. The van der Waals surface area contributed by atoms with Crippen LogP contribution in [0.2, 0.25) is 0 Å². The third-order valence-electron chi connectivity index (χ3n) is 5.75. The van der Waals surface area contributed by atoms with Gasteiger partial charge in [-0.3, -0.25) is 14.8 Å². The number of H-pyrrole nitrogens is 1. The van der Waals surface area contributed by atoms with Crippen molar-refractivity contribution in [3.05, 3.63) is 47.5 Å². The van der Waals surface area contributed by atoms with Crippen LogP contribution in [0.4, 0.5) is 0 Å². The summed E-state index contributed by atoms with van der Waals surface area (Å²) in [5.41, 5.74) is 0.680. The number of aromatic amines is 1. The molecule has 27 heavy (non-hydrogen) atoms. The predicted molar refractivity (Wildman–Crippen MR) is 101 cm³/mol. The fourth-order valence-corrected chi connectivity index (χ4v) is 4.17. The Morgan fingerprint density at radius 3 is 2.48 bits per heavy atom. The van der Waals surface area contributed by atoms with Crippen LogP contribution in [0, 0.1) is 6.92 Å². The number of carbonyl (C=O) groups excluding carboxylic acids is 1. The number of amides is 1. The van der Waals surface area contributed by atoms with Gasteiger partial charge in [0.25, 0.3) is 0 Å². The average molecular weight is 369 g/mol. The van der Waals surface area contributed by atoms with Crippen molar-refractivity contribution in [3.8, 4) is 0 Å². The van der Waals surface area contributed by atoms with Gasteiger partial charge < -0.3 is 9.64 Å². The van der Waals surface area contributed by atoms with Gasteiger partial charge in [-0.25, -0.2) is 4.98 Å². The van der Waals surface area contributed by atoms with Crippen LogP contribution in [-0.2, 0) is 21.5 Å². The molecule has 1 amide bonds. The van der Waals surface area contributed by atoms with Crippen LogP contribution >= 0.6 is 0 Å². The second kappa shape index (κ2) is 7.78. The summed E-state index contributed by atoms with van der Waals surface area (Å²) in [6.07, 6.45) is 1.51. The van der Waals surface area contributed by atoms with Gasteiger partial charge in [-0.1, -0.05) is 30.3 Å². The standard InChI is InChI=1S/C20H27N5O2/c1-16-21-18(23-22-16)15-24-9-11-25(12-10-24)19(26)20(7-13-27-14-8-20)17-5-3-2-4-6-17/h2-6H,7-15H2,1H3,(H,21,22,23). The lowest BCUT2D eigenvalue weighted by Gasteiger charge is -2.43. The van der Waals surface area contributed by atoms with Crippen molar-refractivity contribution in [3.63, 3.8) is 0 Å². The summed E-state index contributed by atoms with van der Waals surface area (Å²) < 4.78 is 5.57. The van der Waals surface area contributed by atoms with Crippen molar-refractivity contribution < 1.29 is 9.53 Å². The van der Waals surface area contributed by atoms with Gasteiger partial charge in [0.2, 0.25) is 5.91 Å². The average Bonchev–Trinajstić information content (AvgIpc) is 3.14. The maximum absolute atomic E-state index is 13.6. The quantitative estimate of drug-likeness (QED) is 0.884. The third kappa shape index (κ3) is 3.75. The Morgan fingerprint density at radius 1 is 1.15 bits per heavy atom. The van der Waals surface area contributed by atoms with Gasteiger partial charge in [-0.05, 0) is 25.3 Å². The first-order valence-electron chi connectivity index (χ1n) is 9.70. The Kier molecular flexibility index (Phi) is 5.22. The smallest absolute Gasteiger partial charge is 0.233 e. The SMILES string of the molecule is Cc1nc(CN2CCN(C(=O)C3(c4ccccc4)CCOCC3)CC2)n[nH]1. The molecule has 0 bridgehead atoms. The van der Waals surface area contributed by atoms with E-state index in [1.807, 2.05) is 30.0 Å². The maximum atomic E-state index is 13.6. The monoisotopic (exact) mass is 369 g/mol. The van der Waals surface area contributed by atoms with E-state index >= 15 is 0 Å². The minimum atomic E-state index is -0.442. The fourth-order valence-electron chi connectivity index (χ4n) is 4.17. The van der Waals surface area contributed by atoms with Gasteiger partial charge in [0.15, 0.2) is 5.82 Å². The molecule has 0 unspecified atom stereocenters. The molecular formula is C20H27N5O2. The minimum absolute atomic E-state index is 0.255. The molecule has 144 valence electrons. The van der Waals surface area contributed by atoms with Gasteiger partial charge in [-0.2, -0.15) is 5.10 Å². The van der Waals surface area contributed by atoms with Crippen LogP contribution in [0.15, 0.2) is 30.3 Å². The van der Waals surface area contributed by atoms with Crippen molar-refractivity contribution in [2.45, 2.75) is 31.7 Å². The van der Waals surface area contributed by atoms with E-state index in [2.05, 4.69) is 32.2 Å². The summed E-state index contributed by atoms with van der Waals surface area (Å²) in [6, 6.07) is 10.2. The molecule has 2 aliphatic heterocycles. The molecule has 1 aromatic carbocycles. The number of aromatic nitrogens is 3. The molecule has 0 spiro atoms. The van der Waals surface area contributed by atoms with Crippen LogP contribution in [0.25, 0.3) is 0 Å².